The first kappa shape index (κ1) is 11.1. The van der Waals surface area contributed by atoms with Crippen molar-refractivity contribution < 1.29 is 0 Å². The topological polar surface area (TPSA) is 15.3 Å². The molecular formula is C15H22N2. The van der Waals surface area contributed by atoms with Crippen molar-refractivity contribution in [1.29, 1.82) is 0 Å². The van der Waals surface area contributed by atoms with Gasteiger partial charge in [-0.05, 0) is 30.5 Å². The van der Waals surface area contributed by atoms with Gasteiger partial charge in [0.25, 0.3) is 0 Å². The third-order valence-corrected chi connectivity index (χ3v) is 4.28. The molecule has 2 nitrogen and oxygen atoms in total. The van der Waals surface area contributed by atoms with Gasteiger partial charge in [0.15, 0.2) is 0 Å². The maximum atomic E-state index is 3.50. The van der Waals surface area contributed by atoms with Crippen molar-refractivity contribution in [2.24, 2.45) is 5.41 Å². The maximum Gasteiger partial charge on any atom is 0.0401 e. The second-order valence-electron chi connectivity index (χ2n) is 6.00. The van der Waals surface area contributed by atoms with E-state index < -0.39 is 0 Å². The normalized spacial score (nSPS) is 22.2. The molecule has 0 unspecified atom stereocenters. The van der Waals surface area contributed by atoms with Gasteiger partial charge in [-0.1, -0.05) is 32.0 Å². The third kappa shape index (κ3) is 1.85. The van der Waals surface area contributed by atoms with E-state index >= 15 is 0 Å². The van der Waals surface area contributed by atoms with Gasteiger partial charge in [0.2, 0.25) is 0 Å². The highest BCUT2D eigenvalue weighted by molar-refractivity contribution is 5.57. The van der Waals surface area contributed by atoms with Gasteiger partial charge in [0.1, 0.15) is 0 Å². The van der Waals surface area contributed by atoms with Gasteiger partial charge in [-0.15, -0.1) is 0 Å². The maximum absolute atomic E-state index is 3.50. The van der Waals surface area contributed by atoms with Crippen molar-refractivity contribution in [3.05, 3.63) is 29.8 Å². The van der Waals surface area contributed by atoms with Crippen LogP contribution < -0.4 is 10.2 Å². The average molecular weight is 230 g/mol. The highest BCUT2D eigenvalue weighted by atomic mass is 15.2. The molecule has 0 radical (unpaired) electrons. The van der Waals surface area contributed by atoms with E-state index in [-0.39, 0.29) is 0 Å². The first-order chi connectivity index (χ1) is 8.20. The first-order valence-electron chi connectivity index (χ1n) is 6.75. The summed E-state index contributed by atoms with van der Waals surface area (Å²) in [6.45, 7) is 9.47. The van der Waals surface area contributed by atoms with E-state index in [1.54, 1.807) is 0 Å². The molecule has 2 heteroatoms. The summed E-state index contributed by atoms with van der Waals surface area (Å²) in [6.07, 6.45) is 1.35. The summed E-state index contributed by atoms with van der Waals surface area (Å²) in [4.78, 5) is 2.56. The lowest BCUT2D eigenvalue weighted by Gasteiger charge is -2.50. The van der Waals surface area contributed by atoms with E-state index in [9.17, 15) is 0 Å². The Morgan fingerprint density at radius 2 is 2.00 bits per heavy atom. The Balaban J connectivity index is 1.78. The fourth-order valence-corrected chi connectivity index (χ4v) is 3.26. The minimum atomic E-state index is 0.587. The number of nitrogens with one attached hydrogen (secondary N) is 1. The summed E-state index contributed by atoms with van der Waals surface area (Å²) in [5, 5.41) is 3.50. The van der Waals surface area contributed by atoms with Crippen LogP contribution in [-0.4, -0.2) is 26.2 Å². The van der Waals surface area contributed by atoms with E-state index in [4.69, 9.17) is 0 Å². The number of hydrogen-bond donors (Lipinski definition) is 1. The van der Waals surface area contributed by atoms with Crippen LogP contribution in [0.3, 0.4) is 0 Å². The van der Waals surface area contributed by atoms with Gasteiger partial charge < -0.3 is 10.2 Å². The van der Waals surface area contributed by atoms with Crippen molar-refractivity contribution in [3.63, 3.8) is 0 Å². The van der Waals surface area contributed by atoms with E-state index in [2.05, 4.69) is 48.3 Å². The molecule has 2 saturated heterocycles. The van der Waals surface area contributed by atoms with Crippen LogP contribution in [0.1, 0.15) is 31.7 Å². The van der Waals surface area contributed by atoms with Crippen LogP contribution in [0.4, 0.5) is 5.69 Å². The first-order valence-corrected chi connectivity index (χ1v) is 6.75. The minimum Gasteiger partial charge on any atom is -0.370 e. The summed E-state index contributed by atoms with van der Waals surface area (Å²) >= 11 is 0. The molecule has 1 spiro atoms. The molecule has 0 aliphatic carbocycles. The molecule has 1 aromatic carbocycles. The van der Waals surface area contributed by atoms with Crippen LogP contribution in [0.5, 0.6) is 0 Å². The number of anilines is 1. The Kier molecular flexibility index (Phi) is 2.62. The fourth-order valence-electron chi connectivity index (χ4n) is 3.26. The summed E-state index contributed by atoms with van der Waals surface area (Å²) < 4.78 is 0. The molecule has 2 aliphatic heterocycles. The van der Waals surface area contributed by atoms with Crippen molar-refractivity contribution in [2.75, 3.05) is 31.1 Å². The summed E-state index contributed by atoms with van der Waals surface area (Å²) in [5.41, 5.74) is 3.54. The van der Waals surface area contributed by atoms with E-state index in [1.807, 2.05) is 0 Å². The molecule has 0 bridgehead atoms. The molecule has 0 amide bonds. The molecule has 17 heavy (non-hydrogen) atoms. The van der Waals surface area contributed by atoms with Crippen LogP contribution in [0.15, 0.2) is 24.3 Å². The lowest BCUT2D eigenvalue weighted by molar-refractivity contribution is 0.243. The van der Waals surface area contributed by atoms with Gasteiger partial charge in [-0.25, -0.2) is 0 Å². The number of rotatable bonds is 2. The van der Waals surface area contributed by atoms with Crippen molar-refractivity contribution in [2.45, 2.75) is 26.2 Å². The zero-order chi connectivity index (χ0) is 11.9. The lowest BCUT2D eigenvalue weighted by Crippen LogP contribution is -2.57. The largest absolute Gasteiger partial charge is 0.370 e. The minimum absolute atomic E-state index is 0.587. The Hall–Kier alpha value is -1.02. The third-order valence-electron chi connectivity index (χ3n) is 4.28. The molecule has 0 saturated carbocycles. The number of benzene rings is 1. The van der Waals surface area contributed by atoms with Gasteiger partial charge >= 0.3 is 0 Å². The zero-order valence-corrected chi connectivity index (χ0v) is 10.9. The second kappa shape index (κ2) is 4.02. The molecule has 1 N–H and O–H groups in total. The Bertz CT molecular complexity index is 397. The number of hydrogen-bond acceptors (Lipinski definition) is 2. The summed E-state index contributed by atoms with van der Waals surface area (Å²) in [6, 6.07) is 8.88. The molecule has 0 atom stereocenters. The highest BCUT2D eigenvalue weighted by Crippen LogP contribution is 2.41. The smallest absolute Gasteiger partial charge is 0.0401 e. The molecule has 0 aromatic heterocycles. The Morgan fingerprint density at radius 3 is 2.65 bits per heavy atom. The van der Waals surface area contributed by atoms with Crippen molar-refractivity contribution in [3.8, 4) is 0 Å². The Labute approximate surface area is 104 Å². The standard InChI is InChI=1S/C15H22N2/c1-12(2)13-5-3-4-6-14(13)17-10-15(11-17)7-8-16-9-15/h3-6,12,16H,7-11H2,1-2H3. The lowest BCUT2D eigenvalue weighted by atomic mass is 9.78. The highest BCUT2D eigenvalue weighted by Gasteiger charge is 2.45. The van der Waals surface area contributed by atoms with E-state index in [1.165, 1.54) is 43.9 Å². The van der Waals surface area contributed by atoms with E-state index in [0.29, 0.717) is 11.3 Å². The second-order valence-corrected chi connectivity index (χ2v) is 6.00. The van der Waals surface area contributed by atoms with E-state index in [0.717, 1.165) is 0 Å². The van der Waals surface area contributed by atoms with Crippen LogP contribution in [0.2, 0.25) is 0 Å². The summed E-state index contributed by atoms with van der Waals surface area (Å²) in [7, 11) is 0. The summed E-state index contributed by atoms with van der Waals surface area (Å²) in [5.74, 6) is 0.615. The van der Waals surface area contributed by atoms with Crippen molar-refractivity contribution in [1.82, 2.24) is 5.32 Å². The van der Waals surface area contributed by atoms with Crippen LogP contribution in [0, 0.1) is 5.41 Å². The number of para-hydroxylation sites is 1. The quantitative estimate of drug-likeness (QED) is 0.840. The van der Waals surface area contributed by atoms with Gasteiger partial charge in [-0.3, -0.25) is 0 Å². The predicted octanol–water partition coefficient (Wildman–Crippen LogP) is 2.61. The molecule has 3 rings (SSSR count). The monoisotopic (exact) mass is 230 g/mol. The molecule has 2 fully saturated rings. The van der Waals surface area contributed by atoms with Gasteiger partial charge in [0.05, 0.1) is 0 Å². The molecule has 1 aromatic rings. The zero-order valence-electron chi connectivity index (χ0n) is 10.9. The average Bonchev–Trinajstić information content (AvgIpc) is 2.76. The van der Waals surface area contributed by atoms with Gasteiger partial charge in [0, 0.05) is 30.7 Å². The molecule has 2 aliphatic rings. The van der Waals surface area contributed by atoms with Crippen molar-refractivity contribution >= 4 is 5.69 Å². The SMILES string of the molecule is CC(C)c1ccccc1N1CC2(CCNC2)C1. The molecule has 2 heterocycles. The Morgan fingerprint density at radius 1 is 1.24 bits per heavy atom. The van der Waals surface area contributed by atoms with Gasteiger partial charge in [-0.2, -0.15) is 0 Å². The fraction of sp³-hybridized carbons (Fsp3) is 0.600. The van der Waals surface area contributed by atoms with Crippen LogP contribution >= 0.6 is 0 Å². The van der Waals surface area contributed by atoms with Crippen LogP contribution in [0.25, 0.3) is 0 Å². The molecular weight excluding hydrogens is 208 g/mol. The molecule has 92 valence electrons. The number of nitrogens with zero attached hydrogens (tertiary/aromatic N) is 1. The predicted molar refractivity (Wildman–Crippen MR) is 72.7 cm³/mol. The van der Waals surface area contributed by atoms with Crippen LogP contribution in [-0.2, 0) is 0 Å².